The molecule has 2 aromatic carbocycles. The maximum Gasteiger partial charge on any atom is 0.251 e. The quantitative estimate of drug-likeness (QED) is 0.904. The Labute approximate surface area is 129 Å². The number of amides is 1. The van der Waals surface area contributed by atoms with Crippen LogP contribution in [-0.2, 0) is 0 Å². The van der Waals surface area contributed by atoms with Crippen LogP contribution >= 0.6 is 11.8 Å². The van der Waals surface area contributed by atoms with Crippen LogP contribution in [0.4, 0.5) is 5.69 Å². The van der Waals surface area contributed by atoms with Crippen LogP contribution in [-0.4, -0.2) is 18.2 Å². The summed E-state index contributed by atoms with van der Waals surface area (Å²) >= 11 is 1.88. The fourth-order valence-corrected chi connectivity index (χ4v) is 3.62. The van der Waals surface area contributed by atoms with E-state index in [1.54, 1.807) is 0 Å². The molecule has 1 aliphatic rings. The molecule has 1 heterocycles. The van der Waals surface area contributed by atoms with Crippen LogP contribution < -0.4 is 10.6 Å². The van der Waals surface area contributed by atoms with E-state index >= 15 is 0 Å². The van der Waals surface area contributed by atoms with Crippen molar-refractivity contribution in [3.05, 3.63) is 59.7 Å². The molecule has 0 radical (unpaired) electrons. The Hall–Kier alpha value is -1.94. The van der Waals surface area contributed by atoms with Crippen molar-refractivity contribution in [2.75, 3.05) is 17.6 Å². The van der Waals surface area contributed by atoms with Crippen LogP contribution in [0.1, 0.15) is 28.9 Å². The van der Waals surface area contributed by atoms with Crippen molar-refractivity contribution in [2.45, 2.75) is 17.9 Å². The highest BCUT2D eigenvalue weighted by atomic mass is 32.2. The number of carbonyl (C=O) groups is 1. The van der Waals surface area contributed by atoms with E-state index in [4.69, 9.17) is 0 Å². The molecule has 1 atom stereocenters. The van der Waals surface area contributed by atoms with Crippen LogP contribution in [0.25, 0.3) is 0 Å². The molecule has 0 spiro atoms. The summed E-state index contributed by atoms with van der Waals surface area (Å²) in [4.78, 5) is 13.1. The number of fused-ring (bicyclic) bond motifs is 1. The van der Waals surface area contributed by atoms with Gasteiger partial charge in [-0.1, -0.05) is 18.2 Å². The van der Waals surface area contributed by atoms with Crippen molar-refractivity contribution in [3.8, 4) is 0 Å². The molecule has 2 N–H and O–H groups in total. The van der Waals surface area contributed by atoms with Gasteiger partial charge in [0.25, 0.3) is 5.91 Å². The standard InChI is InChI=1S/C17H18N2OS/c1-2-18-17(20)12-7-9-13(10-8-12)19-15-11-21-16-6-4-3-5-14(15)16/h3-10,15,19H,2,11H2,1H3,(H,18,20). The monoisotopic (exact) mass is 298 g/mol. The van der Waals surface area contributed by atoms with Crippen LogP contribution in [0.3, 0.4) is 0 Å². The highest BCUT2D eigenvalue weighted by Gasteiger charge is 2.22. The van der Waals surface area contributed by atoms with E-state index in [2.05, 4.69) is 34.9 Å². The molecule has 0 saturated heterocycles. The molecule has 1 aliphatic heterocycles. The Morgan fingerprint density at radius 3 is 2.71 bits per heavy atom. The van der Waals surface area contributed by atoms with Crippen molar-refractivity contribution in [1.29, 1.82) is 0 Å². The molecule has 3 rings (SSSR count). The highest BCUT2D eigenvalue weighted by Crippen LogP contribution is 2.39. The molecule has 108 valence electrons. The molecule has 21 heavy (non-hydrogen) atoms. The van der Waals surface area contributed by atoms with Gasteiger partial charge in [-0.3, -0.25) is 4.79 Å². The molecule has 4 heteroatoms. The number of carbonyl (C=O) groups excluding carboxylic acids is 1. The van der Waals surface area contributed by atoms with Gasteiger partial charge in [-0.25, -0.2) is 0 Å². The van der Waals surface area contributed by atoms with Gasteiger partial charge < -0.3 is 10.6 Å². The molecule has 0 aliphatic carbocycles. The predicted octanol–water partition coefficient (Wildman–Crippen LogP) is 3.70. The molecule has 1 amide bonds. The summed E-state index contributed by atoms with van der Waals surface area (Å²) in [6, 6.07) is 16.5. The molecule has 1 unspecified atom stereocenters. The number of benzene rings is 2. The van der Waals surface area contributed by atoms with E-state index in [1.807, 2.05) is 43.0 Å². The minimum atomic E-state index is -0.0224. The van der Waals surface area contributed by atoms with Gasteiger partial charge in [-0.2, -0.15) is 0 Å². The Morgan fingerprint density at radius 1 is 1.19 bits per heavy atom. The van der Waals surface area contributed by atoms with Gasteiger partial charge in [0.1, 0.15) is 0 Å². The fourth-order valence-electron chi connectivity index (χ4n) is 2.46. The first-order chi connectivity index (χ1) is 10.3. The van der Waals surface area contributed by atoms with Crippen LogP contribution in [0.15, 0.2) is 53.4 Å². The minimum absolute atomic E-state index is 0.0224. The third-order valence-corrected chi connectivity index (χ3v) is 4.71. The zero-order valence-corrected chi connectivity index (χ0v) is 12.7. The minimum Gasteiger partial charge on any atom is -0.377 e. The average molecular weight is 298 g/mol. The summed E-state index contributed by atoms with van der Waals surface area (Å²) < 4.78 is 0. The molecule has 3 nitrogen and oxygen atoms in total. The third-order valence-electron chi connectivity index (χ3n) is 3.53. The van der Waals surface area contributed by atoms with E-state index in [-0.39, 0.29) is 5.91 Å². The molecular weight excluding hydrogens is 280 g/mol. The van der Waals surface area contributed by atoms with E-state index in [1.165, 1.54) is 10.5 Å². The Bertz CT molecular complexity index is 639. The summed E-state index contributed by atoms with van der Waals surface area (Å²) in [6.07, 6.45) is 0. The van der Waals surface area contributed by atoms with Crippen LogP contribution in [0, 0.1) is 0 Å². The van der Waals surface area contributed by atoms with Gasteiger partial charge in [-0.05, 0) is 42.8 Å². The maximum atomic E-state index is 11.7. The van der Waals surface area contributed by atoms with Gasteiger partial charge in [0, 0.05) is 28.4 Å². The van der Waals surface area contributed by atoms with Crippen molar-refractivity contribution in [3.63, 3.8) is 0 Å². The summed E-state index contributed by atoms with van der Waals surface area (Å²) in [5, 5.41) is 6.35. The number of anilines is 1. The van der Waals surface area contributed by atoms with E-state index in [9.17, 15) is 4.79 Å². The second kappa shape index (κ2) is 6.22. The first kappa shape index (κ1) is 14.0. The van der Waals surface area contributed by atoms with E-state index in [0.717, 1.165) is 11.4 Å². The van der Waals surface area contributed by atoms with E-state index in [0.29, 0.717) is 18.2 Å². The number of thioether (sulfide) groups is 1. The second-order valence-electron chi connectivity index (χ2n) is 4.98. The molecule has 0 bridgehead atoms. The van der Waals surface area contributed by atoms with Crippen LogP contribution in [0.5, 0.6) is 0 Å². The van der Waals surface area contributed by atoms with Gasteiger partial charge in [0.15, 0.2) is 0 Å². The Balaban J connectivity index is 1.71. The van der Waals surface area contributed by atoms with Crippen LogP contribution in [0.2, 0.25) is 0 Å². The number of rotatable bonds is 4. The Kier molecular flexibility index (Phi) is 4.15. The SMILES string of the molecule is CCNC(=O)c1ccc(NC2CSc3ccccc32)cc1. The lowest BCUT2D eigenvalue weighted by molar-refractivity contribution is 0.0956. The van der Waals surface area contributed by atoms with Gasteiger partial charge in [0.05, 0.1) is 6.04 Å². The number of hydrogen-bond acceptors (Lipinski definition) is 3. The second-order valence-corrected chi connectivity index (χ2v) is 6.04. The first-order valence-electron chi connectivity index (χ1n) is 7.14. The smallest absolute Gasteiger partial charge is 0.251 e. The summed E-state index contributed by atoms with van der Waals surface area (Å²) in [7, 11) is 0. The van der Waals surface area contributed by atoms with Gasteiger partial charge in [0.2, 0.25) is 0 Å². The topological polar surface area (TPSA) is 41.1 Å². The summed E-state index contributed by atoms with van der Waals surface area (Å²) in [5.74, 6) is 1.02. The lowest BCUT2D eigenvalue weighted by atomic mass is 10.1. The Morgan fingerprint density at radius 2 is 1.95 bits per heavy atom. The molecule has 2 aromatic rings. The lowest BCUT2D eigenvalue weighted by Gasteiger charge is -2.15. The molecule has 0 aromatic heterocycles. The zero-order chi connectivity index (χ0) is 14.7. The third kappa shape index (κ3) is 3.05. The highest BCUT2D eigenvalue weighted by molar-refractivity contribution is 7.99. The summed E-state index contributed by atoms with van der Waals surface area (Å²) in [5.41, 5.74) is 3.10. The van der Waals surface area contributed by atoms with Crippen molar-refractivity contribution < 1.29 is 4.79 Å². The normalized spacial score (nSPS) is 16.3. The fraction of sp³-hybridized carbons (Fsp3) is 0.235. The van der Waals surface area contributed by atoms with E-state index < -0.39 is 0 Å². The first-order valence-corrected chi connectivity index (χ1v) is 8.13. The van der Waals surface area contributed by atoms with Gasteiger partial charge in [-0.15, -0.1) is 11.8 Å². The van der Waals surface area contributed by atoms with Crippen molar-refractivity contribution in [2.24, 2.45) is 0 Å². The number of nitrogens with one attached hydrogen (secondary N) is 2. The maximum absolute atomic E-state index is 11.7. The molecule has 0 saturated carbocycles. The lowest BCUT2D eigenvalue weighted by Crippen LogP contribution is -2.22. The molecular formula is C17H18N2OS. The van der Waals surface area contributed by atoms with Crippen molar-refractivity contribution in [1.82, 2.24) is 5.32 Å². The van der Waals surface area contributed by atoms with Gasteiger partial charge >= 0.3 is 0 Å². The molecule has 0 fully saturated rings. The van der Waals surface area contributed by atoms with Crippen molar-refractivity contribution >= 4 is 23.4 Å². The summed E-state index contributed by atoms with van der Waals surface area (Å²) in [6.45, 7) is 2.57. The average Bonchev–Trinajstić information content (AvgIpc) is 2.92. The number of hydrogen-bond donors (Lipinski definition) is 2. The zero-order valence-electron chi connectivity index (χ0n) is 11.9. The largest absolute Gasteiger partial charge is 0.377 e. The predicted molar refractivity (Wildman–Crippen MR) is 88.0 cm³/mol.